The second-order valence-electron chi connectivity index (χ2n) is 9.76. The van der Waals surface area contributed by atoms with Crippen molar-refractivity contribution in [1.29, 1.82) is 0 Å². The molecule has 2 N–H and O–H groups in total. The number of hydrogen-bond acceptors (Lipinski definition) is 4. The number of carboxylic acids is 1. The molecule has 9 heteroatoms. The molecule has 3 aliphatic rings. The number of benzene rings is 1. The van der Waals surface area contributed by atoms with E-state index in [-0.39, 0.29) is 30.8 Å². The molecule has 0 bridgehead atoms. The van der Waals surface area contributed by atoms with Crippen LogP contribution in [0.1, 0.15) is 56.9 Å². The first-order valence-corrected chi connectivity index (χ1v) is 12.2. The van der Waals surface area contributed by atoms with Crippen molar-refractivity contribution < 1.29 is 33.4 Å². The number of hydrogen-bond donors (Lipinski definition) is 2. The zero-order valence-electron chi connectivity index (χ0n) is 19.1. The van der Waals surface area contributed by atoms with Crippen LogP contribution in [0.2, 0.25) is 0 Å². The van der Waals surface area contributed by atoms with E-state index in [1.165, 1.54) is 4.90 Å². The Morgan fingerprint density at radius 1 is 1.09 bits per heavy atom. The summed E-state index contributed by atoms with van der Waals surface area (Å²) in [4.78, 5) is 40.6. The molecular weight excluding hydrogens is 446 g/mol. The SMILES string of the molecule is O=C([C@@H]1C[C@@H]2CCC[C@@H]2N1C(=O)CCCc1ccccc1)N1CCC[C@H]1C(O)C(F)(F)C(=O)O. The molecule has 1 unspecified atom stereocenters. The van der Waals surface area contributed by atoms with Gasteiger partial charge < -0.3 is 20.0 Å². The number of rotatable bonds is 8. The molecule has 186 valence electrons. The highest BCUT2D eigenvalue weighted by atomic mass is 19.3. The van der Waals surface area contributed by atoms with Gasteiger partial charge in [-0.3, -0.25) is 9.59 Å². The predicted octanol–water partition coefficient (Wildman–Crippen LogP) is 2.85. The third-order valence-electron chi connectivity index (χ3n) is 7.71. The summed E-state index contributed by atoms with van der Waals surface area (Å²) in [6, 6.07) is 7.79. The maximum absolute atomic E-state index is 14.0. The van der Waals surface area contributed by atoms with Crippen molar-refractivity contribution in [3.05, 3.63) is 35.9 Å². The Bertz CT molecular complexity index is 912. The van der Waals surface area contributed by atoms with E-state index in [0.29, 0.717) is 25.7 Å². The van der Waals surface area contributed by atoms with Crippen LogP contribution in [-0.2, 0) is 20.8 Å². The molecule has 2 saturated heterocycles. The number of carboxylic acid groups (broad SMARTS) is 1. The van der Waals surface area contributed by atoms with Crippen LogP contribution in [0.15, 0.2) is 30.3 Å². The van der Waals surface area contributed by atoms with Crippen molar-refractivity contribution in [2.24, 2.45) is 5.92 Å². The number of aliphatic hydroxyl groups is 1. The molecular formula is C25H32F2N2O5. The monoisotopic (exact) mass is 478 g/mol. The molecule has 3 fully saturated rings. The third-order valence-corrected chi connectivity index (χ3v) is 7.71. The summed E-state index contributed by atoms with van der Waals surface area (Å²) in [6.45, 7) is 0.165. The Labute approximate surface area is 197 Å². The zero-order chi connectivity index (χ0) is 24.5. The highest BCUT2D eigenvalue weighted by molar-refractivity contribution is 5.89. The number of aliphatic carboxylic acids is 1. The molecule has 34 heavy (non-hydrogen) atoms. The molecule has 2 amide bonds. The Balaban J connectivity index is 1.47. The van der Waals surface area contributed by atoms with Crippen LogP contribution >= 0.6 is 0 Å². The number of likely N-dealkylation sites (tertiary alicyclic amines) is 2. The van der Waals surface area contributed by atoms with Crippen molar-refractivity contribution in [2.45, 2.75) is 87.9 Å². The fraction of sp³-hybridized carbons (Fsp3) is 0.640. The maximum Gasteiger partial charge on any atom is 0.377 e. The van der Waals surface area contributed by atoms with Crippen molar-refractivity contribution in [2.75, 3.05) is 6.54 Å². The van der Waals surface area contributed by atoms with Crippen LogP contribution in [0.3, 0.4) is 0 Å². The zero-order valence-corrected chi connectivity index (χ0v) is 19.1. The lowest BCUT2D eigenvalue weighted by molar-refractivity contribution is -0.189. The first kappa shape index (κ1) is 24.6. The van der Waals surface area contributed by atoms with E-state index in [9.17, 15) is 28.3 Å². The van der Waals surface area contributed by atoms with Gasteiger partial charge in [0.05, 0.1) is 6.04 Å². The average Bonchev–Trinajstić information content (AvgIpc) is 3.54. The molecule has 0 aromatic heterocycles. The number of aryl methyl sites for hydroxylation is 1. The summed E-state index contributed by atoms with van der Waals surface area (Å²) in [6.07, 6.45) is 2.91. The van der Waals surface area contributed by atoms with E-state index in [4.69, 9.17) is 5.11 Å². The molecule has 5 atom stereocenters. The number of fused-ring (bicyclic) bond motifs is 1. The molecule has 1 aliphatic carbocycles. The lowest BCUT2D eigenvalue weighted by atomic mass is 9.99. The van der Waals surface area contributed by atoms with Crippen molar-refractivity contribution in [3.63, 3.8) is 0 Å². The van der Waals surface area contributed by atoms with Gasteiger partial charge in [-0.2, -0.15) is 8.78 Å². The van der Waals surface area contributed by atoms with Crippen LogP contribution in [0, 0.1) is 5.92 Å². The normalized spacial score (nSPS) is 27.6. The number of carbonyl (C=O) groups excluding carboxylic acids is 2. The van der Waals surface area contributed by atoms with Gasteiger partial charge in [0.1, 0.15) is 12.1 Å². The van der Waals surface area contributed by atoms with Gasteiger partial charge in [-0.25, -0.2) is 4.79 Å². The molecule has 0 spiro atoms. The van der Waals surface area contributed by atoms with Gasteiger partial charge in [0.15, 0.2) is 0 Å². The van der Waals surface area contributed by atoms with E-state index in [1.807, 2.05) is 30.3 Å². The van der Waals surface area contributed by atoms with Gasteiger partial charge >= 0.3 is 11.9 Å². The van der Waals surface area contributed by atoms with Crippen molar-refractivity contribution in [3.8, 4) is 0 Å². The lowest BCUT2D eigenvalue weighted by Gasteiger charge is -2.36. The number of carbonyl (C=O) groups is 3. The molecule has 2 heterocycles. The quantitative estimate of drug-likeness (QED) is 0.599. The summed E-state index contributed by atoms with van der Waals surface area (Å²) >= 11 is 0. The summed E-state index contributed by atoms with van der Waals surface area (Å²) in [5.74, 6) is -7.11. The predicted molar refractivity (Wildman–Crippen MR) is 119 cm³/mol. The average molecular weight is 479 g/mol. The maximum atomic E-state index is 14.0. The number of amides is 2. The van der Waals surface area contributed by atoms with Crippen LogP contribution in [0.25, 0.3) is 0 Å². The van der Waals surface area contributed by atoms with E-state index in [0.717, 1.165) is 31.2 Å². The standard InChI is InChI=1S/C25H32F2N2O5/c26-25(27,24(33)34)22(31)19-12-6-14-28(19)23(32)20-15-17-10-5-11-18(17)29(20)21(30)13-4-9-16-7-2-1-3-8-16/h1-3,7-8,17-20,22,31H,4-6,9-15H2,(H,33,34)/t17-,18-,19-,20-,22?/m0/s1. The third kappa shape index (κ3) is 4.67. The molecule has 2 aliphatic heterocycles. The van der Waals surface area contributed by atoms with Crippen LogP contribution in [0.4, 0.5) is 8.78 Å². The first-order chi connectivity index (χ1) is 16.2. The minimum atomic E-state index is -4.35. The molecule has 1 saturated carbocycles. The summed E-state index contributed by atoms with van der Waals surface area (Å²) < 4.78 is 28.1. The Hall–Kier alpha value is -2.55. The van der Waals surface area contributed by atoms with Crippen LogP contribution in [-0.4, -0.2) is 74.5 Å². The highest BCUT2D eigenvalue weighted by Crippen LogP contribution is 2.43. The van der Waals surface area contributed by atoms with Crippen molar-refractivity contribution in [1.82, 2.24) is 9.80 Å². The topological polar surface area (TPSA) is 98.2 Å². The number of aliphatic hydroxyl groups excluding tert-OH is 1. The Morgan fingerprint density at radius 3 is 2.53 bits per heavy atom. The molecule has 1 aromatic carbocycles. The van der Waals surface area contributed by atoms with Crippen molar-refractivity contribution >= 4 is 17.8 Å². The fourth-order valence-electron chi connectivity index (χ4n) is 6.04. The van der Waals surface area contributed by atoms with Gasteiger partial charge in [-0.1, -0.05) is 36.8 Å². The molecule has 4 rings (SSSR count). The molecule has 7 nitrogen and oxygen atoms in total. The van der Waals surface area contributed by atoms with E-state index in [1.54, 1.807) is 4.90 Å². The Kier molecular flexibility index (Phi) is 7.21. The summed E-state index contributed by atoms with van der Waals surface area (Å²) in [7, 11) is 0. The highest BCUT2D eigenvalue weighted by Gasteiger charge is 2.55. The van der Waals surface area contributed by atoms with Gasteiger partial charge in [-0.05, 0) is 56.4 Å². The van der Waals surface area contributed by atoms with Crippen LogP contribution in [0.5, 0.6) is 0 Å². The van der Waals surface area contributed by atoms with E-state index in [2.05, 4.69) is 0 Å². The second-order valence-corrected chi connectivity index (χ2v) is 9.76. The lowest BCUT2D eigenvalue weighted by Crippen LogP contribution is -2.57. The van der Waals surface area contributed by atoms with Gasteiger partial charge in [0.2, 0.25) is 11.8 Å². The summed E-state index contributed by atoms with van der Waals surface area (Å²) in [5, 5.41) is 19.0. The van der Waals surface area contributed by atoms with Gasteiger partial charge in [-0.15, -0.1) is 0 Å². The van der Waals surface area contributed by atoms with E-state index < -0.39 is 36.0 Å². The largest absolute Gasteiger partial charge is 0.477 e. The second kappa shape index (κ2) is 9.98. The number of halogens is 2. The Morgan fingerprint density at radius 2 is 1.82 bits per heavy atom. The minimum absolute atomic E-state index is 0.0235. The fourth-order valence-corrected chi connectivity index (χ4v) is 6.04. The van der Waals surface area contributed by atoms with E-state index >= 15 is 0 Å². The van der Waals surface area contributed by atoms with Crippen LogP contribution < -0.4 is 0 Å². The smallest absolute Gasteiger partial charge is 0.377 e. The summed E-state index contributed by atoms with van der Waals surface area (Å²) in [5.41, 5.74) is 1.14. The molecule has 0 radical (unpaired) electrons. The van der Waals surface area contributed by atoms with Gasteiger partial charge in [0, 0.05) is 19.0 Å². The molecule has 1 aromatic rings. The number of alkyl halides is 2. The first-order valence-electron chi connectivity index (χ1n) is 12.2. The minimum Gasteiger partial charge on any atom is -0.477 e. The number of nitrogens with zero attached hydrogens (tertiary/aromatic N) is 2. The van der Waals surface area contributed by atoms with Gasteiger partial charge in [0.25, 0.3) is 0 Å².